The van der Waals surface area contributed by atoms with Crippen molar-refractivity contribution in [3.05, 3.63) is 119 Å². The maximum Gasteiger partial charge on any atom is 0.136 e. The van der Waals surface area contributed by atoms with E-state index in [0.29, 0.717) is 36.9 Å². The Kier molecular flexibility index (Phi) is 19.8. The number of ether oxygens (including phenoxy) is 6. The molecule has 72 heavy (non-hydrogen) atoms. The fourth-order valence-electron chi connectivity index (χ4n) is 9.40. The monoisotopic (exact) mass is 1310 g/mol. The van der Waals surface area contributed by atoms with Gasteiger partial charge in [-0.3, -0.25) is 15.0 Å². The SMILES string of the molecule is CC(C)C[C@H](C)COc1cc2c(cc1I)-c1ccncc1C(C)O2.CC(C)C[C@H](N)COc1cc2c(cc1I)-c1ccncc1[C@@H](C)O2.CC(C)C[C@H](N)COc1cc2c(cc1I)-c1ccncc1[C@H](C)O2. The smallest absolute Gasteiger partial charge is 0.136 e. The Labute approximate surface area is 468 Å². The van der Waals surface area contributed by atoms with Crippen molar-refractivity contribution in [3.8, 4) is 67.9 Å². The van der Waals surface area contributed by atoms with E-state index in [1.54, 1.807) is 0 Å². The topological polar surface area (TPSA) is 146 Å². The molecular formula is C58H70I3N5O6. The predicted molar refractivity (Wildman–Crippen MR) is 314 cm³/mol. The van der Waals surface area contributed by atoms with Gasteiger partial charge in [0.1, 0.15) is 66.0 Å². The van der Waals surface area contributed by atoms with Gasteiger partial charge in [0.15, 0.2) is 0 Å². The number of aromatic nitrogens is 3. The summed E-state index contributed by atoms with van der Waals surface area (Å²) < 4.78 is 39.5. The third-order valence-electron chi connectivity index (χ3n) is 12.6. The molecule has 14 heteroatoms. The molecule has 0 radical (unpaired) electrons. The van der Waals surface area contributed by atoms with Crippen molar-refractivity contribution >= 4 is 67.8 Å². The van der Waals surface area contributed by atoms with Crippen molar-refractivity contribution in [1.29, 1.82) is 0 Å². The molecule has 0 fully saturated rings. The zero-order valence-electron chi connectivity index (χ0n) is 43.2. The zero-order valence-corrected chi connectivity index (χ0v) is 49.7. The number of nitrogens with zero attached hydrogens (tertiary/aromatic N) is 3. The summed E-state index contributed by atoms with van der Waals surface area (Å²) in [6, 6.07) is 18.6. The van der Waals surface area contributed by atoms with Gasteiger partial charge in [-0.15, -0.1) is 0 Å². The van der Waals surface area contributed by atoms with Gasteiger partial charge in [0.05, 0.1) is 17.3 Å². The van der Waals surface area contributed by atoms with E-state index in [-0.39, 0.29) is 30.4 Å². The third kappa shape index (κ3) is 14.2. The third-order valence-corrected chi connectivity index (χ3v) is 15.1. The summed E-state index contributed by atoms with van der Waals surface area (Å²) in [6.45, 7) is 23.3. The van der Waals surface area contributed by atoms with Crippen molar-refractivity contribution in [3.63, 3.8) is 0 Å². The minimum Gasteiger partial charge on any atom is -0.492 e. The lowest BCUT2D eigenvalue weighted by Gasteiger charge is -2.27. The van der Waals surface area contributed by atoms with Crippen LogP contribution in [0.1, 0.15) is 124 Å². The van der Waals surface area contributed by atoms with E-state index in [4.69, 9.17) is 39.9 Å². The Balaban J connectivity index is 0.000000158. The number of rotatable bonds is 15. The molecule has 0 saturated heterocycles. The number of nitrogens with two attached hydrogens (primary N) is 2. The molecule has 384 valence electrons. The Morgan fingerprint density at radius 1 is 0.458 bits per heavy atom. The van der Waals surface area contributed by atoms with Crippen LogP contribution in [-0.2, 0) is 0 Å². The summed E-state index contributed by atoms with van der Waals surface area (Å²) in [7, 11) is 0. The van der Waals surface area contributed by atoms with Gasteiger partial charge in [-0.1, -0.05) is 48.5 Å². The summed E-state index contributed by atoms with van der Waals surface area (Å²) in [4.78, 5) is 12.7. The first-order chi connectivity index (χ1) is 34.4. The van der Waals surface area contributed by atoms with Crippen LogP contribution in [0.4, 0.5) is 0 Å². The minimum atomic E-state index is -0.0164. The first-order valence-electron chi connectivity index (χ1n) is 25.1. The molecule has 4 N–H and O–H groups in total. The van der Waals surface area contributed by atoms with E-state index in [9.17, 15) is 0 Å². The fourth-order valence-corrected chi connectivity index (χ4v) is 11.3. The molecule has 1 unspecified atom stereocenters. The number of fused-ring (bicyclic) bond motifs is 9. The van der Waals surface area contributed by atoms with Crippen LogP contribution < -0.4 is 39.9 Å². The second kappa shape index (κ2) is 25.5. The van der Waals surface area contributed by atoms with Crippen LogP contribution in [0.2, 0.25) is 0 Å². The maximum absolute atomic E-state index is 6.13. The minimum absolute atomic E-state index is 0.00831. The number of pyridine rings is 3. The van der Waals surface area contributed by atoms with Crippen molar-refractivity contribution in [2.24, 2.45) is 35.1 Å². The second-order valence-electron chi connectivity index (χ2n) is 20.5. The molecule has 6 atom stereocenters. The average Bonchev–Trinajstić information content (AvgIpc) is 3.33. The van der Waals surface area contributed by atoms with Gasteiger partial charge < -0.3 is 39.9 Å². The van der Waals surface area contributed by atoms with Crippen LogP contribution >= 0.6 is 67.8 Å². The van der Waals surface area contributed by atoms with Crippen molar-refractivity contribution in [1.82, 2.24) is 15.0 Å². The summed E-state index contributed by atoms with van der Waals surface area (Å²) in [6.07, 6.45) is 14.2. The summed E-state index contributed by atoms with van der Waals surface area (Å²) >= 11 is 6.96. The molecule has 3 aromatic heterocycles. The molecule has 3 aliphatic heterocycles. The summed E-state index contributed by atoms with van der Waals surface area (Å²) in [5, 5.41) is 0. The van der Waals surface area contributed by atoms with Gasteiger partial charge in [-0.2, -0.15) is 0 Å². The number of hydrogen-bond donors (Lipinski definition) is 2. The van der Waals surface area contributed by atoms with Crippen LogP contribution in [-0.4, -0.2) is 46.9 Å². The van der Waals surface area contributed by atoms with Crippen LogP contribution in [0, 0.1) is 34.4 Å². The van der Waals surface area contributed by atoms with Gasteiger partial charge in [-0.25, -0.2) is 0 Å². The fraction of sp³-hybridized carbons (Fsp3) is 0.431. The standard InChI is InChI=1S/C20H24INO2.2C19H23IN2O2/c1-12(2)7-13(3)11-23-20-9-19-16(8-18(20)21)15-5-6-22-10-17(15)14(4)24-19;2*1-11(2)6-13(21)10-23-19-8-18-15(7-17(19)20)14-4-5-22-9-16(14)12(3)24-18/h5-6,8-10,12-14H,7,11H2,1-4H3;2*4-5,7-9,11-13H,6,10,21H2,1-3H3/t13-,14?;12-,13+;12-,13-/m010/s1. The van der Waals surface area contributed by atoms with Gasteiger partial charge in [0, 0.05) is 101 Å². The average molecular weight is 1310 g/mol. The molecule has 3 aliphatic rings. The molecule has 6 aromatic rings. The number of hydrogen-bond acceptors (Lipinski definition) is 11. The van der Waals surface area contributed by atoms with Crippen LogP contribution in [0.15, 0.2) is 91.8 Å². The molecule has 6 heterocycles. The lowest BCUT2D eigenvalue weighted by molar-refractivity contribution is 0.216. The van der Waals surface area contributed by atoms with Crippen LogP contribution in [0.25, 0.3) is 33.4 Å². The largest absolute Gasteiger partial charge is 0.492 e. The molecule has 9 rings (SSSR count). The highest BCUT2D eigenvalue weighted by Crippen LogP contribution is 2.48. The lowest BCUT2D eigenvalue weighted by Crippen LogP contribution is -2.29. The molecule has 0 amide bonds. The molecular weight excluding hydrogens is 1240 g/mol. The van der Waals surface area contributed by atoms with E-state index in [1.807, 2.05) is 81.4 Å². The van der Waals surface area contributed by atoms with E-state index < -0.39 is 0 Å². The van der Waals surface area contributed by atoms with E-state index in [0.717, 1.165) is 98.0 Å². The quantitative estimate of drug-likeness (QED) is 0.0948. The first-order valence-corrected chi connectivity index (χ1v) is 28.3. The van der Waals surface area contributed by atoms with Crippen LogP contribution in [0.5, 0.6) is 34.5 Å². The molecule has 0 saturated carbocycles. The Bertz CT molecular complexity index is 2490. The summed E-state index contributed by atoms with van der Waals surface area (Å²) in [5.41, 5.74) is 22.5. The van der Waals surface area contributed by atoms with Gasteiger partial charge >= 0.3 is 0 Å². The second-order valence-corrected chi connectivity index (χ2v) is 23.9. The van der Waals surface area contributed by atoms with E-state index in [1.165, 1.54) is 23.1 Å². The molecule has 0 spiro atoms. The Hall–Kier alpha value is -3.98. The highest BCUT2D eigenvalue weighted by molar-refractivity contribution is 14.1. The molecule has 3 aromatic carbocycles. The van der Waals surface area contributed by atoms with Crippen molar-refractivity contribution in [2.75, 3.05) is 19.8 Å². The van der Waals surface area contributed by atoms with E-state index in [2.05, 4.69) is 162 Å². The van der Waals surface area contributed by atoms with Gasteiger partial charge in [0.2, 0.25) is 0 Å². The normalized spacial score (nSPS) is 17.0. The summed E-state index contributed by atoms with van der Waals surface area (Å²) in [5.74, 6) is 7.56. The Morgan fingerprint density at radius 2 is 0.764 bits per heavy atom. The van der Waals surface area contributed by atoms with Crippen LogP contribution in [0.3, 0.4) is 0 Å². The molecule has 11 nitrogen and oxygen atoms in total. The number of benzene rings is 3. The lowest BCUT2D eigenvalue weighted by atomic mass is 9.95. The Morgan fingerprint density at radius 3 is 1.07 bits per heavy atom. The maximum atomic E-state index is 6.13. The van der Waals surface area contributed by atoms with Gasteiger partial charge in [0.25, 0.3) is 0 Å². The highest BCUT2D eigenvalue weighted by atomic mass is 127. The molecule has 0 bridgehead atoms. The van der Waals surface area contributed by atoms with E-state index >= 15 is 0 Å². The molecule has 0 aliphatic carbocycles. The number of halogens is 3. The first kappa shape index (κ1) is 55.8. The highest BCUT2D eigenvalue weighted by Gasteiger charge is 2.28. The van der Waals surface area contributed by atoms with Crippen molar-refractivity contribution in [2.45, 2.75) is 119 Å². The van der Waals surface area contributed by atoms with Gasteiger partial charge in [-0.05, 0) is 185 Å². The zero-order chi connectivity index (χ0) is 51.8. The predicted octanol–water partition coefficient (Wildman–Crippen LogP) is 15.0. The van der Waals surface area contributed by atoms with Crippen molar-refractivity contribution < 1.29 is 28.4 Å².